The summed E-state index contributed by atoms with van der Waals surface area (Å²) in [5.41, 5.74) is 1.47. The van der Waals surface area contributed by atoms with Gasteiger partial charge in [0.25, 0.3) is 0 Å². The first-order valence-corrected chi connectivity index (χ1v) is 6.68. The van der Waals surface area contributed by atoms with Crippen LogP contribution in [0, 0.1) is 0 Å². The minimum absolute atomic E-state index is 0.00218. The molecule has 1 N–H and O–H groups in total. The lowest BCUT2D eigenvalue weighted by Crippen LogP contribution is -2.47. The van der Waals surface area contributed by atoms with Gasteiger partial charge in [0.1, 0.15) is 0 Å². The molecule has 0 aromatic heterocycles. The van der Waals surface area contributed by atoms with E-state index in [0.717, 1.165) is 18.7 Å². The fourth-order valence-corrected chi connectivity index (χ4v) is 2.11. The van der Waals surface area contributed by atoms with Crippen LogP contribution < -0.4 is 10.2 Å². The largest absolute Gasteiger partial charge is 0.450 e. The van der Waals surface area contributed by atoms with E-state index in [1.807, 2.05) is 12.1 Å². The summed E-state index contributed by atoms with van der Waals surface area (Å²) < 4.78 is 4.80. The van der Waals surface area contributed by atoms with Crippen LogP contribution in [0.1, 0.15) is 13.3 Å². The van der Waals surface area contributed by atoms with Crippen molar-refractivity contribution in [2.75, 3.05) is 37.0 Å². The standard InChI is InChI=1S/C14H19N3O3/c1-3-20-13(18)15-11-5-7-12(8-6-11)17-10-4-9-16(2)14(17)19/h5-8H,3-4,9-10H2,1-2H3,(H,15,18). The van der Waals surface area contributed by atoms with E-state index in [9.17, 15) is 9.59 Å². The maximum Gasteiger partial charge on any atom is 0.411 e. The van der Waals surface area contributed by atoms with Gasteiger partial charge in [-0.15, -0.1) is 0 Å². The molecule has 1 aromatic carbocycles. The van der Waals surface area contributed by atoms with Crippen molar-refractivity contribution in [3.8, 4) is 0 Å². The van der Waals surface area contributed by atoms with Crippen LogP contribution in [0.5, 0.6) is 0 Å². The van der Waals surface area contributed by atoms with Crippen molar-refractivity contribution < 1.29 is 14.3 Å². The van der Waals surface area contributed by atoms with Crippen molar-refractivity contribution in [2.24, 2.45) is 0 Å². The molecule has 0 saturated carbocycles. The van der Waals surface area contributed by atoms with E-state index in [0.29, 0.717) is 18.8 Å². The van der Waals surface area contributed by atoms with Crippen molar-refractivity contribution in [1.29, 1.82) is 0 Å². The average Bonchev–Trinajstić information content (AvgIpc) is 2.43. The number of amides is 3. The van der Waals surface area contributed by atoms with Crippen LogP contribution in [0.25, 0.3) is 0 Å². The molecule has 6 heteroatoms. The van der Waals surface area contributed by atoms with Gasteiger partial charge in [0.15, 0.2) is 0 Å². The summed E-state index contributed by atoms with van der Waals surface area (Å²) in [6.07, 6.45) is 0.472. The third kappa shape index (κ3) is 3.20. The highest BCUT2D eigenvalue weighted by molar-refractivity contribution is 5.93. The lowest BCUT2D eigenvalue weighted by molar-refractivity contribution is 0.168. The maximum atomic E-state index is 12.0. The second-order valence-corrected chi connectivity index (χ2v) is 4.60. The second-order valence-electron chi connectivity index (χ2n) is 4.60. The smallest absolute Gasteiger partial charge is 0.411 e. The second kappa shape index (κ2) is 6.27. The number of nitrogens with one attached hydrogen (secondary N) is 1. The van der Waals surface area contributed by atoms with Gasteiger partial charge in [0, 0.05) is 31.5 Å². The number of urea groups is 1. The summed E-state index contributed by atoms with van der Waals surface area (Å²) in [6, 6.07) is 7.15. The molecule has 0 aliphatic carbocycles. The predicted molar refractivity (Wildman–Crippen MR) is 77.1 cm³/mol. The molecule has 108 valence electrons. The molecule has 3 amide bonds. The first kappa shape index (κ1) is 14.2. The number of anilines is 2. The third-order valence-corrected chi connectivity index (χ3v) is 3.13. The Kier molecular flexibility index (Phi) is 4.45. The third-order valence-electron chi connectivity index (χ3n) is 3.13. The highest BCUT2D eigenvalue weighted by Crippen LogP contribution is 2.21. The normalized spacial score (nSPS) is 15.2. The zero-order valence-electron chi connectivity index (χ0n) is 11.8. The number of carbonyl (C=O) groups is 2. The van der Waals surface area contributed by atoms with Crippen molar-refractivity contribution in [1.82, 2.24) is 4.90 Å². The molecule has 0 unspecified atom stereocenters. The zero-order chi connectivity index (χ0) is 14.5. The van der Waals surface area contributed by atoms with Gasteiger partial charge in [-0.3, -0.25) is 10.2 Å². The Morgan fingerprint density at radius 2 is 2.00 bits per heavy atom. The van der Waals surface area contributed by atoms with Crippen molar-refractivity contribution in [3.05, 3.63) is 24.3 Å². The summed E-state index contributed by atoms with van der Waals surface area (Å²) in [6.45, 7) is 3.59. The Morgan fingerprint density at radius 1 is 1.30 bits per heavy atom. The molecule has 6 nitrogen and oxygen atoms in total. The van der Waals surface area contributed by atoms with E-state index >= 15 is 0 Å². The number of hydrogen-bond acceptors (Lipinski definition) is 3. The predicted octanol–water partition coefficient (Wildman–Crippen LogP) is 2.52. The zero-order valence-corrected chi connectivity index (χ0v) is 11.8. The Bertz CT molecular complexity index is 487. The molecule has 0 radical (unpaired) electrons. The number of carbonyl (C=O) groups excluding carboxylic acids is 2. The number of rotatable bonds is 3. The number of ether oxygens (including phenoxy) is 1. The first-order valence-electron chi connectivity index (χ1n) is 6.68. The lowest BCUT2D eigenvalue weighted by atomic mass is 10.2. The van der Waals surface area contributed by atoms with Gasteiger partial charge < -0.3 is 9.64 Å². The van der Waals surface area contributed by atoms with E-state index in [2.05, 4.69) is 5.32 Å². The van der Waals surface area contributed by atoms with Gasteiger partial charge in [-0.25, -0.2) is 9.59 Å². The van der Waals surface area contributed by atoms with Crippen molar-refractivity contribution in [2.45, 2.75) is 13.3 Å². The van der Waals surface area contributed by atoms with Crippen LogP contribution in [-0.4, -0.2) is 43.8 Å². The molecule has 1 aromatic rings. The van der Waals surface area contributed by atoms with Gasteiger partial charge in [0.05, 0.1) is 6.61 Å². The van der Waals surface area contributed by atoms with Gasteiger partial charge >= 0.3 is 12.1 Å². The van der Waals surface area contributed by atoms with Crippen LogP contribution in [-0.2, 0) is 4.74 Å². The van der Waals surface area contributed by atoms with Crippen LogP contribution >= 0.6 is 0 Å². The highest BCUT2D eigenvalue weighted by atomic mass is 16.5. The average molecular weight is 277 g/mol. The Labute approximate surface area is 118 Å². The van der Waals surface area contributed by atoms with Gasteiger partial charge in [-0.05, 0) is 37.6 Å². The monoisotopic (exact) mass is 277 g/mol. The Hall–Kier alpha value is -2.24. The highest BCUT2D eigenvalue weighted by Gasteiger charge is 2.23. The lowest BCUT2D eigenvalue weighted by Gasteiger charge is -2.33. The molecule has 1 saturated heterocycles. The Morgan fingerprint density at radius 3 is 2.65 bits per heavy atom. The topological polar surface area (TPSA) is 61.9 Å². The van der Waals surface area contributed by atoms with E-state index in [1.165, 1.54) is 0 Å². The molecule has 1 fully saturated rings. The number of hydrogen-bond donors (Lipinski definition) is 1. The summed E-state index contributed by atoms with van der Waals surface area (Å²) >= 11 is 0. The van der Waals surface area contributed by atoms with Gasteiger partial charge in [-0.1, -0.05) is 0 Å². The van der Waals surface area contributed by atoms with E-state index < -0.39 is 6.09 Å². The van der Waals surface area contributed by atoms with Crippen LogP contribution in [0.3, 0.4) is 0 Å². The summed E-state index contributed by atoms with van der Waals surface area (Å²) in [4.78, 5) is 26.8. The van der Waals surface area contributed by atoms with Crippen LogP contribution in [0.4, 0.5) is 21.0 Å². The quantitative estimate of drug-likeness (QED) is 0.923. The van der Waals surface area contributed by atoms with Gasteiger partial charge in [0.2, 0.25) is 0 Å². The SMILES string of the molecule is CCOC(=O)Nc1ccc(N2CCCN(C)C2=O)cc1. The van der Waals surface area contributed by atoms with Crippen LogP contribution in [0.2, 0.25) is 0 Å². The molecule has 2 rings (SSSR count). The van der Waals surface area contributed by atoms with E-state index in [1.54, 1.807) is 35.9 Å². The summed E-state index contributed by atoms with van der Waals surface area (Å²) in [7, 11) is 1.80. The molecule has 0 bridgehead atoms. The number of benzene rings is 1. The summed E-state index contributed by atoms with van der Waals surface area (Å²) in [5, 5.41) is 2.62. The van der Waals surface area contributed by atoms with E-state index in [4.69, 9.17) is 4.74 Å². The van der Waals surface area contributed by atoms with Gasteiger partial charge in [-0.2, -0.15) is 0 Å². The molecular weight excluding hydrogens is 258 g/mol. The molecular formula is C14H19N3O3. The Balaban J connectivity index is 2.04. The maximum absolute atomic E-state index is 12.0. The first-order chi connectivity index (χ1) is 9.61. The van der Waals surface area contributed by atoms with E-state index in [-0.39, 0.29) is 6.03 Å². The fraction of sp³-hybridized carbons (Fsp3) is 0.429. The molecule has 1 heterocycles. The van der Waals surface area contributed by atoms with Crippen LogP contribution in [0.15, 0.2) is 24.3 Å². The summed E-state index contributed by atoms with van der Waals surface area (Å²) in [5.74, 6) is 0. The molecule has 0 atom stereocenters. The van der Waals surface area contributed by atoms with Crippen molar-refractivity contribution >= 4 is 23.5 Å². The fourth-order valence-electron chi connectivity index (χ4n) is 2.11. The molecule has 20 heavy (non-hydrogen) atoms. The number of nitrogens with zero attached hydrogens (tertiary/aromatic N) is 2. The molecule has 0 spiro atoms. The van der Waals surface area contributed by atoms with Crippen molar-refractivity contribution in [3.63, 3.8) is 0 Å². The molecule has 1 aliphatic rings. The minimum atomic E-state index is -0.478. The minimum Gasteiger partial charge on any atom is -0.450 e. The molecule has 1 aliphatic heterocycles.